The smallest absolute Gasteiger partial charge is 0.328 e. The maximum absolute atomic E-state index is 12.3. The molecule has 0 bridgehead atoms. The lowest BCUT2D eigenvalue weighted by molar-refractivity contribution is -0.384. The van der Waals surface area contributed by atoms with Crippen LogP contribution in [0.25, 0.3) is 0 Å². The van der Waals surface area contributed by atoms with Crippen LogP contribution in [0.15, 0.2) is 24.3 Å². The van der Waals surface area contributed by atoms with Gasteiger partial charge in [0.15, 0.2) is 0 Å². The van der Waals surface area contributed by atoms with E-state index in [9.17, 15) is 19.7 Å². The molecule has 0 N–H and O–H groups in total. The molecular weight excluding hydrogens is 276 g/mol. The number of likely N-dealkylation sites (tertiary alicyclic amines) is 1. The van der Waals surface area contributed by atoms with E-state index in [-0.39, 0.29) is 18.0 Å². The molecule has 1 aromatic rings. The van der Waals surface area contributed by atoms with Crippen LogP contribution in [0.1, 0.15) is 18.4 Å². The Hall–Kier alpha value is -2.44. The van der Waals surface area contributed by atoms with E-state index < -0.39 is 16.9 Å². The van der Waals surface area contributed by atoms with E-state index in [0.29, 0.717) is 18.5 Å². The van der Waals surface area contributed by atoms with E-state index in [1.807, 2.05) is 0 Å². The summed E-state index contributed by atoms with van der Waals surface area (Å²) in [6.45, 7) is 0.507. The first kappa shape index (κ1) is 15.0. The summed E-state index contributed by atoms with van der Waals surface area (Å²) in [7, 11) is 1.30. The molecule has 1 aliphatic rings. The zero-order valence-electron chi connectivity index (χ0n) is 11.7. The molecule has 0 saturated carbocycles. The van der Waals surface area contributed by atoms with Crippen molar-refractivity contribution in [2.75, 3.05) is 13.7 Å². The van der Waals surface area contributed by atoms with Crippen molar-refractivity contribution < 1.29 is 19.2 Å². The molecule has 1 unspecified atom stereocenters. The molecular formula is C14H16N2O5. The van der Waals surface area contributed by atoms with E-state index in [1.165, 1.54) is 24.1 Å². The Kier molecular flexibility index (Phi) is 4.52. The number of non-ortho nitro benzene ring substituents is 1. The molecule has 0 spiro atoms. The number of carbonyl (C=O) groups excluding carboxylic acids is 2. The van der Waals surface area contributed by atoms with Crippen molar-refractivity contribution in [3.8, 4) is 0 Å². The van der Waals surface area contributed by atoms with E-state index in [4.69, 9.17) is 4.74 Å². The first-order chi connectivity index (χ1) is 10.0. The highest BCUT2D eigenvalue weighted by Crippen LogP contribution is 2.21. The van der Waals surface area contributed by atoms with Crippen LogP contribution in [0.4, 0.5) is 5.69 Å². The van der Waals surface area contributed by atoms with Crippen LogP contribution in [0.5, 0.6) is 0 Å². The molecule has 0 aliphatic carbocycles. The number of hydrogen-bond acceptors (Lipinski definition) is 5. The fourth-order valence-corrected chi connectivity index (χ4v) is 2.50. The molecule has 1 saturated heterocycles. The van der Waals surface area contributed by atoms with Gasteiger partial charge in [-0.05, 0) is 18.4 Å². The summed E-state index contributed by atoms with van der Waals surface area (Å²) >= 11 is 0. The van der Waals surface area contributed by atoms with Gasteiger partial charge in [0.25, 0.3) is 5.69 Å². The summed E-state index contributed by atoms with van der Waals surface area (Å²) in [4.78, 5) is 35.6. The maximum Gasteiger partial charge on any atom is 0.328 e. The molecule has 7 nitrogen and oxygen atoms in total. The van der Waals surface area contributed by atoms with E-state index in [0.717, 1.165) is 6.42 Å². The number of carbonyl (C=O) groups is 2. The molecule has 112 valence electrons. The largest absolute Gasteiger partial charge is 0.467 e. The third kappa shape index (κ3) is 3.36. The normalized spacial score (nSPS) is 17.6. The summed E-state index contributed by atoms with van der Waals surface area (Å²) in [5.41, 5.74) is 0.510. The average molecular weight is 292 g/mol. The quantitative estimate of drug-likeness (QED) is 0.474. The maximum atomic E-state index is 12.3. The van der Waals surface area contributed by atoms with Crippen LogP contribution >= 0.6 is 0 Å². The van der Waals surface area contributed by atoms with Crippen LogP contribution < -0.4 is 0 Å². The van der Waals surface area contributed by atoms with Gasteiger partial charge in [0.1, 0.15) is 6.04 Å². The third-order valence-electron chi connectivity index (χ3n) is 3.52. The standard InChI is InChI=1S/C14H16N2O5/c1-21-14(18)12-6-3-7-15(12)13(17)9-10-4-2-5-11(8-10)16(19)20/h2,4-5,8,12H,3,6-7,9H2,1H3. The molecule has 7 heteroatoms. The molecule has 0 aromatic heterocycles. The predicted molar refractivity (Wildman–Crippen MR) is 73.6 cm³/mol. The highest BCUT2D eigenvalue weighted by molar-refractivity contribution is 5.86. The molecule has 1 aromatic carbocycles. The molecule has 1 atom stereocenters. The summed E-state index contributed by atoms with van der Waals surface area (Å²) in [5.74, 6) is -0.636. The lowest BCUT2D eigenvalue weighted by Crippen LogP contribution is -2.41. The average Bonchev–Trinajstić information content (AvgIpc) is 2.96. The van der Waals surface area contributed by atoms with Gasteiger partial charge >= 0.3 is 5.97 Å². The number of nitrogens with zero attached hydrogens (tertiary/aromatic N) is 2. The second-order valence-corrected chi connectivity index (χ2v) is 4.87. The van der Waals surface area contributed by atoms with Crippen LogP contribution in [0, 0.1) is 10.1 Å². The Morgan fingerprint density at radius 1 is 1.48 bits per heavy atom. The molecule has 1 heterocycles. The molecule has 21 heavy (non-hydrogen) atoms. The molecule has 0 radical (unpaired) electrons. The van der Waals surface area contributed by atoms with Gasteiger partial charge in [0, 0.05) is 18.7 Å². The Balaban J connectivity index is 2.09. The lowest BCUT2D eigenvalue weighted by atomic mass is 10.1. The fraction of sp³-hybridized carbons (Fsp3) is 0.429. The summed E-state index contributed by atoms with van der Waals surface area (Å²) in [6.07, 6.45) is 1.38. The number of methoxy groups -OCH3 is 1. The molecule has 2 rings (SSSR count). The molecule has 1 fully saturated rings. The summed E-state index contributed by atoms with van der Waals surface area (Å²) in [6, 6.07) is 5.42. The van der Waals surface area contributed by atoms with Crippen molar-refractivity contribution in [1.82, 2.24) is 4.90 Å². The minimum absolute atomic E-state index is 0.0369. The van der Waals surface area contributed by atoms with Crippen molar-refractivity contribution in [2.24, 2.45) is 0 Å². The topological polar surface area (TPSA) is 89.8 Å². The molecule has 1 amide bonds. The zero-order chi connectivity index (χ0) is 15.4. The number of hydrogen-bond donors (Lipinski definition) is 0. The van der Waals surface area contributed by atoms with Crippen molar-refractivity contribution >= 4 is 17.6 Å². The van der Waals surface area contributed by atoms with Gasteiger partial charge in [-0.3, -0.25) is 14.9 Å². The first-order valence-electron chi connectivity index (χ1n) is 6.63. The van der Waals surface area contributed by atoms with Crippen LogP contribution in [0.2, 0.25) is 0 Å². The second kappa shape index (κ2) is 6.34. The van der Waals surface area contributed by atoms with E-state index in [2.05, 4.69) is 0 Å². The van der Waals surface area contributed by atoms with Gasteiger partial charge in [-0.25, -0.2) is 4.79 Å². The molecule has 1 aliphatic heterocycles. The summed E-state index contributed by atoms with van der Waals surface area (Å²) in [5, 5.41) is 10.7. The second-order valence-electron chi connectivity index (χ2n) is 4.87. The Labute approximate surface area is 121 Å². The van der Waals surface area contributed by atoms with Gasteiger partial charge in [-0.15, -0.1) is 0 Å². The number of ether oxygens (including phenoxy) is 1. The third-order valence-corrected chi connectivity index (χ3v) is 3.52. The number of esters is 1. The minimum Gasteiger partial charge on any atom is -0.467 e. The monoisotopic (exact) mass is 292 g/mol. The SMILES string of the molecule is COC(=O)C1CCCN1C(=O)Cc1cccc([N+](=O)[O-])c1. The highest BCUT2D eigenvalue weighted by atomic mass is 16.6. The summed E-state index contributed by atoms with van der Waals surface area (Å²) < 4.78 is 4.69. The van der Waals surface area contributed by atoms with E-state index >= 15 is 0 Å². The Bertz CT molecular complexity index is 572. The fourth-order valence-electron chi connectivity index (χ4n) is 2.50. The number of amides is 1. The van der Waals surface area contributed by atoms with Gasteiger partial charge in [-0.2, -0.15) is 0 Å². The van der Waals surface area contributed by atoms with E-state index in [1.54, 1.807) is 12.1 Å². The van der Waals surface area contributed by atoms with Gasteiger partial charge < -0.3 is 9.64 Å². The minimum atomic E-state index is -0.541. The van der Waals surface area contributed by atoms with Crippen LogP contribution in [0.3, 0.4) is 0 Å². The highest BCUT2D eigenvalue weighted by Gasteiger charge is 2.34. The van der Waals surface area contributed by atoms with Gasteiger partial charge in [-0.1, -0.05) is 12.1 Å². The number of nitro groups is 1. The van der Waals surface area contributed by atoms with Crippen LogP contribution in [-0.4, -0.2) is 41.4 Å². The van der Waals surface area contributed by atoms with Crippen molar-refractivity contribution in [1.29, 1.82) is 0 Å². The van der Waals surface area contributed by atoms with Crippen LogP contribution in [-0.2, 0) is 20.7 Å². The number of nitro benzene ring substituents is 1. The van der Waals surface area contributed by atoms with Crippen molar-refractivity contribution in [3.63, 3.8) is 0 Å². The number of rotatable bonds is 4. The van der Waals surface area contributed by atoms with Crippen molar-refractivity contribution in [2.45, 2.75) is 25.3 Å². The predicted octanol–water partition coefficient (Wildman–Crippen LogP) is 1.30. The van der Waals surface area contributed by atoms with Gasteiger partial charge in [0.05, 0.1) is 18.5 Å². The van der Waals surface area contributed by atoms with Gasteiger partial charge in [0.2, 0.25) is 5.91 Å². The zero-order valence-corrected chi connectivity index (χ0v) is 11.7. The lowest BCUT2D eigenvalue weighted by Gasteiger charge is -2.22. The first-order valence-corrected chi connectivity index (χ1v) is 6.63. The number of benzene rings is 1. The van der Waals surface area contributed by atoms with Crippen molar-refractivity contribution in [3.05, 3.63) is 39.9 Å². The Morgan fingerprint density at radius 2 is 2.24 bits per heavy atom. The Morgan fingerprint density at radius 3 is 2.90 bits per heavy atom.